The average molecular weight is 779 g/mol. The van der Waals surface area contributed by atoms with E-state index in [2.05, 4.69) is 226 Å². The van der Waals surface area contributed by atoms with Crippen molar-refractivity contribution in [2.24, 2.45) is 0 Å². The molecular weight excluding hydrogens is 733 g/mol. The molecule has 3 aliphatic rings. The molecule has 0 N–H and O–H groups in total. The van der Waals surface area contributed by atoms with Crippen molar-refractivity contribution in [3.05, 3.63) is 262 Å². The highest BCUT2D eigenvalue weighted by atomic mass is 14.5. The van der Waals surface area contributed by atoms with Gasteiger partial charge in [-0.1, -0.05) is 220 Å². The normalized spacial score (nSPS) is 14.7. The summed E-state index contributed by atoms with van der Waals surface area (Å²) in [7, 11) is 0. The number of hydrogen-bond donors (Lipinski definition) is 0. The molecule has 12 rings (SSSR count). The van der Waals surface area contributed by atoms with Gasteiger partial charge in [0.25, 0.3) is 0 Å². The van der Waals surface area contributed by atoms with Crippen molar-refractivity contribution in [2.75, 3.05) is 0 Å². The third-order valence-corrected chi connectivity index (χ3v) is 14.3. The lowest BCUT2D eigenvalue weighted by Gasteiger charge is -2.31. The summed E-state index contributed by atoms with van der Waals surface area (Å²) in [4.78, 5) is 0. The smallest absolute Gasteiger partial charge is 0.0622 e. The first kappa shape index (κ1) is 35.9. The predicted molar refractivity (Wildman–Crippen MR) is 254 cm³/mol. The molecule has 0 fully saturated rings. The largest absolute Gasteiger partial charge is 0.0725 e. The van der Waals surface area contributed by atoms with E-state index >= 15 is 0 Å². The fourth-order valence-electron chi connectivity index (χ4n) is 11.5. The van der Waals surface area contributed by atoms with Gasteiger partial charge in [0, 0.05) is 5.41 Å². The second-order valence-electron chi connectivity index (χ2n) is 18.0. The topological polar surface area (TPSA) is 0 Å². The summed E-state index contributed by atoms with van der Waals surface area (Å²) in [6.07, 6.45) is 1.84. The first-order chi connectivity index (χ1) is 30.0. The Morgan fingerprint density at radius 2 is 0.738 bits per heavy atom. The van der Waals surface area contributed by atoms with E-state index in [4.69, 9.17) is 0 Å². The fraction of sp³-hybridized carbons (Fsp3) is 0.115. The molecule has 9 aromatic carbocycles. The van der Waals surface area contributed by atoms with E-state index in [9.17, 15) is 0 Å². The van der Waals surface area contributed by atoms with Crippen LogP contribution in [0.4, 0.5) is 0 Å². The Morgan fingerprint density at radius 1 is 0.311 bits per heavy atom. The molecule has 1 spiro atoms. The average Bonchev–Trinajstić information content (AvgIpc) is 3.87. The van der Waals surface area contributed by atoms with E-state index in [1.54, 1.807) is 0 Å². The molecule has 0 heteroatoms. The van der Waals surface area contributed by atoms with E-state index in [0.29, 0.717) is 0 Å². The summed E-state index contributed by atoms with van der Waals surface area (Å²) in [5, 5.41) is 0. The minimum atomic E-state index is -0.359. The number of benzene rings is 9. The lowest BCUT2D eigenvalue weighted by molar-refractivity contribution is 0.647. The summed E-state index contributed by atoms with van der Waals surface area (Å²) in [6.45, 7) is 4.81. The van der Waals surface area contributed by atoms with Crippen molar-refractivity contribution < 1.29 is 0 Å². The van der Waals surface area contributed by atoms with Gasteiger partial charge in [-0.15, -0.1) is 0 Å². The number of rotatable bonds is 7. The van der Waals surface area contributed by atoms with Gasteiger partial charge < -0.3 is 0 Å². The molecule has 0 aromatic heterocycles. The quantitative estimate of drug-likeness (QED) is 0.151. The van der Waals surface area contributed by atoms with Crippen LogP contribution in [0.25, 0.3) is 55.6 Å². The summed E-state index contributed by atoms with van der Waals surface area (Å²) < 4.78 is 0. The van der Waals surface area contributed by atoms with Crippen molar-refractivity contribution in [3.8, 4) is 55.6 Å². The van der Waals surface area contributed by atoms with Gasteiger partial charge >= 0.3 is 0 Å². The molecule has 3 aliphatic carbocycles. The zero-order valence-electron chi connectivity index (χ0n) is 34.7. The van der Waals surface area contributed by atoms with E-state index < -0.39 is 0 Å². The monoisotopic (exact) mass is 778 g/mol. The van der Waals surface area contributed by atoms with Crippen LogP contribution < -0.4 is 0 Å². The van der Waals surface area contributed by atoms with Crippen LogP contribution in [0.5, 0.6) is 0 Å². The molecule has 290 valence electrons. The van der Waals surface area contributed by atoms with Crippen molar-refractivity contribution in [3.63, 3.8) is 0 Å². The number of hydrogen-bond acceptors (Lipinski definition) is 0. The highest BCUT2D eigenvalue weighted by Crippen LogP contribution is 2.63. The lowest BCUT2D eigenvalue weighted by atomic mass is 9.70. The fourth-order valence-corrected chi connectivity index (χ4v) is 11.5. The summed E-state index contributed by atoms with van der Waals surface area (Å²) in [6, 6.07) is 80.3. The first-order valence-corrected chi connectivity index (χ1v) is 21.9. The van der Waals surface area contributed by atoms with Crippen molar-refractivity contribution >= 4 is 0 Å². The van der Waals surface area contributed by atoms with Gasteiger partial charge in [0.05, 0.1) is 5.41 Å². The number of fused-ring (bicyclic) bond motifs is 13. The molecule has 0 saturated carbocycles. The molecule has 0 bridgehead atoms. The molecule has 0 amide bonds. The summed E-state index contributed by atoms with van der Waals surface area (Å²) >= 11 is 0. The summed E-state index contributed by atoms with van der Waals surface area (Å²) in [5.41, 5.74) is 25.3. The SMILES string of the molecule is CC1(C)c2ccccc2-c2ccc(C(Cc3cc(-c4ccccc4)cc(-c4ccccc4)c3)Cc3ccc4c(c3)C3(c5ccccc5-c5ccccc53)c3ccccc3-4)cc21. The maximum Gasteiger partial charge on any atom is 0.0725 e. The molecule has 1 unspecified atom stereocenters. The Balaban J connectivity index is 1.03. The van der Waals surface area contributed by atoms with Crippen molar-refractivity contribution in [2.45, 2.75) is 43.4 Å². The van der Waals surface area contributed by atoms with Crippen LogP contribution in [-0.4, -0.2) is 0 Å². The molecule has 1 atom stereocenters. The Bertz CT molecular complexity index is 3040. The van der Waals surface area contributed by atoms with Gasteiger partial charge in [0.2, 0.25) is 0 Å². The van der Waals surface area contributed by atoms with Crippen LogP contribution >= 0.6 is 0 Å². The molecule has 0 radical (unpaired) electrons. The van der Waals surface area contributed by atoms with E-state index in [-0.39, 0.29) is 16.7 Å². The van der Waals surface area contributed by atoms with Crippen LogP contribution in [0.3, 0.4) is 0 Å². The Labute approximate surface area is 359 Å². The van der Waals surface area contributed by atoms with Gasteiger partial charge in [-0.05, 0) is 131 Å². The van der Waals surface area contributed by atoms with Crippen molar-refractivity contribution in [1.29, 1.82) is 0 Å². The minimum absolute atomic E-state index is 0.0742. The van der Waals surface area contributed by atoms with Crippen LogP contribution in [0.2, 0.25) is 0 Å². The van der Waals surface area contributed by atoms with Crippen LogP contribution in [-0.2, 0) is 23.7 Å². The molecule has 61 heavy (non-hydrogen) atoms. The van der Waals surface area contributed by atoms with Gasteiger partial charge in [0.1, 0.15) is 0 Å². The molecule has 0 heterocycles. The maximum absolute atomic E-state index is 2.59. The van der Waals surface area contributed by atoms with Crippen LogP contribution in [0.1, 0.15) is 69.8 Å². The molecule has 9 aromatic rings. The van der Waals surface area contributed by atoms with Gasteiger partial charge in [0.15, 0.2) is 0 Å². The van der Waals surface area contributed by atoms with E-state index in [1.165, 1.54) is 106 Å². The summed E-state index contributed by atoms with van der Waals surface area (Å²) in [5.74, 6) is 0.236. The maximum atomic E-state index is 2.59. The van der Waals surface area contributed by atoms with Crippen LogP contribution in [0, 0.1) is 0 Å². The molecule has 0 saturated heterocycles. The van der Waals surface area contributed by atoms with Crippen LogP contribution in [0.15, 0.2) is 212 Å². The third-order valence-electron chi connectivity index (χ3n) is 14.3. The zero-order valence-corrected chi connectivity index (χ0v) is 34.7. The standard InChI is InChI=1S/C61H46/c1-60(2)54-25-13-9-21-48(54)52-32-30-44(39-58(52)60)45(34-41-35-46(42-17-5-3-6-18-42)38-47(36-41)43-19-7-4-8-20-43)33-40-29-31-53-51-24-12-16-28-57(51)61(59(53)37-40)55-26-14-10-22-49(55)50-23-11-15-27-56(50)61/h3-32,35-39,45H,33-34H2,1-2H3. The molecule has 0 aliphatic heterocycles. The van der Waals surface area contributed by atoms with E-state index in [0.717, 1.165) is 12.8 Å². The third kappa shape index (κ3) is 5.45. The second-order valence-corrected chi connectivity index (χ2v) is 18.0. The predicted octanol–water partition coefficient (Wildman–Crippen LogP) is 15.2. The zero-order chi connectivity index (χ0) is 40.7. The minimum Gasteiger partial charge on any atom is -0.0622 e. The Morgan fingerprint density at radius 3 is 1.30 bits per heavy atom. The van der Waals surface area contributed by atoms with Gasteiger partial charge in [-0.25, -0.2) is 0 Å². The molecular formula is C61H46. The Kier molecular flexibility index (Phi) is 8.10. The first-order valence-electron chi connectivity index (χ1n) is 21.9. The van der Waals surface area contributed by atoms with Gasteiger partial charge in [-0.2, -0.15) is 0 Å². The molecule has 0 nitrogen and oxygen atoms in total. The Hall–Kier alpha value is -7.02. The second kappa shape index (κ2) is 13.8. The highest BCUT2D eigenvalue weighted by Gasteiger charge is 2.51. The van der Waals surface area contributed by atoms with E-state index in [1.807, 2.05) is 0 Å². The van der Waals surface area contributed by atoms with Gasteiger partial charge in [-0.3, -0.25) is 0 Å². The lowest BCUT2D eigenvalue weighted by Crippen LogP contribution is -2.26. The highest BCUT2D eigenvalue weighted by molar-refractivity contribution is 5.95. The van der Waals surface area contributed by atoms with Crippen molar-refractivity contribution in [1.82, 2.24) is 0 Å².